The molecule has 1 aromatic rings. The predicted octanol–water partition coefficient (Wildman–Crippen LogP) is 3.97. The summed E-state index contributed by atoms with van der Waals surface area (Å²) in [5, 5.41) is 0. The van der Waals surface area contributed by atoms with Crippen LogP contribution in [0.25, 0.3) is 0 Å². The molecule has 1 aromatic carbocycles. The Kier molecular flexibility index (Phi) is 4.40. The highest BCUT2D eigenvalue weighted by Crippen LogP contribution is 2.31. The first kappa shape index (κ1) is 13.1. The molecule has 1 saturated heterocycles. The van der Waals surface area contributed by atoms with E-state index >= 15 is 0 Å². The van der Waals surface area contributed by atoms with E-state index < -0.39 is 0 Å². The van der Waals surface area contributed by atoms with Gasteiger partial charge in [-0.25, -0.2) is 0 Å². The molecule has 0 N–H and O–H groups in total. The fourth-order valence-corrected chi connectivity index (χ4v) is 2.51. The molecule has 0 radical (unpaired) electrons. The minimum absolute atomic E-state index is 0.0359. The maximum Gasteiger partial charge on any atom is 0.313 e. The van der Waals surface area contributed by atoms with Crippen LogP contribution in [-0.4, -0.2) is 12.1 Å². The van der Waals surface area contributed by atoms with Crippen LogP contribution in [0.4, 0.5) is 0 Å². The lowest BCUT2D eigenvalue weighted by molar-refractivity contribution is -0.156. The smallest absolute Gasteiger partial charge is 0.313 e. The number of unbranched alkanes of at least 4 members (excludes halogenated alkanes) is 1. The molecule has 0 aliphatic carbocycles. The Balaban J connectivity index is 1.97. The van der Waals surface area contributed by atoms with Crippen molar-refractivity contribution >= 4 is 5.97 Å². The first-order valence-corrected chi connectivity index (χ1v) is 6.97. The normalized spacial score (nSPS) is 23.8. The third kappa shape index (κ3) is 3.12. The van der Waals surface area contributed by atoms with Gasteiger partial charge in [-0.2, -0.15) is 0 Å². The number of benzene rings is 1. The van der Waals surface area contributed by atoms with Crippen molar-refractivity contribution in [3.63, 3.8) is 0 Å². The van der Waals surface area contributed by atoms with Crippen molar-refractivity contribution in [2.24, 2.45) is 0 Å². The van der Waals surface area contributed by atoms with Crippen LogP contribution >= 0.6 is 0 Å². The number of hydrogen-bond donors (Lipinski definition) is 0. The lowest BCUT2D eigenvalue weighted by atomic mass is 9.89. The monoisotopic (exact) mass is 246 g/mol. The van der Waals surface area contributed by atoms with E-state index in [9.17, 15) is 4.79 Å². The van der Waals surface area contributed by atoms with Crippen LogP contribution in [0.15, 0.2) is 24.3 Å². The molecule has 0 saturated carbocycles. The van der Waals surface area contributed by atoms with Crippen LogP contribution in [0.5, 0.6) is 0 Å². The molecule has 0 bridgehead atoms. The van der Waals surface area contributed by atoms with E-state index in [0.29, 0.717) is 0 Å². The standard InChI is InChI=1S/C16H22O2/c1-3-4-5-14-10-11-15(16(17)18-14)13-8-6-12(2)7-9-13/h6-9,14-15H,3-5,10-11H2,1-2H3. The lowest BCUT2D eigenvalue weighted by Crippen LogP contribution is -2.29. The van der Waals surface area contributed by atoms with Gasteiger partial charge in [-0.3, -0.25) is 4.79 Å². The summed E-state index contributed by atoms with van der Waals surface area (Å²) in [6.45, 7) is 4.23. The van der Waals surface area contributed by atoms with E-state index in [-0.39, 0.29) is 18.0 Å². The first-order chi connectivity index (χ1) is 8.70. The third-order valence-electron chi connectivity index (χ3n) is 3.70. The Morgan fingerprint density at radius 3 is 2.56 bits per heavy atom. The molecule has 2 nitrogen and oxygen atoms in total. The second kappa shape index (κ2) is 6.03. The minimum Gasteiger partial charge on any atom is -0.462 e. The van der Waals surface area contributed by atoms with Gasteiger partial charge in [0.1, 0.15) is 6.10 Å². The third-order valence-corrected chi connectivity index (χ3v) is 3.70. The molecule has 98 valence electrons. The molecule has 1 fully saturated rings. The molecule has 2 atom stereocenters. The number of aryl methyl sites for hydroxylation is 1. The molecule has 2 heteroatoms. The number of cyclic esters (lactones) is 1. The summed E-state index contributed by atoms with van der Waals surface area (Å²) in [6.07, 6.45) is 5.41. The Morgan fingerprint density at radius 2 is 1.94 bits per heavy atom. The van der Waals surface area contributed by atoms with Gasteiger partial charge in [-0.1, -0.05) is 49.6 Å². The SMILES string of the molecule is CCCCC1CCC(c2ccc(C)cc2)C(=O)O1. The van der Waals surface area contributed by atoms with Gasteiger partial charge in [-0.15, -0.1) is 0 Å². The highest BCUT2D eigenvalue weighted by Gasteiger charge is 2.30. The van der Waals surface area contributed by atoms with Crippen LogP contribution in [0.2, 0.25) is 0 Å². The Bertz CT molecular complexity index is 394. The van der Waals surface area contributed by atoms with Gasteiger partial charge < -0.3 is 4.74 Å². The van der Waals surface area contributed by atoms with Gasteiger partial charge in [0.2, 0.25) is 0 Å². The molecular weight excluding hydrogens is 224 g/mol. The van der Waals surface area contributed by atoms with E-state index in [1.807, 2.05) is 12.1 Å². The molecule has 1 aliphatic heterocycles. The van der Waals surface area contributed by atoms with E-state index in [1.54, 1.807) is 0 Å². The zero-order chi connectivity index (χ0) is 13.0. The number of hydrogen-bond acceptors (Lipinski definition) is 2. The van der Waals surface area contributed by atoms with Crippen LogP contribution in [0, 0.1) is 6.92 Å². The largest absolute Gasteiger partial charge is 0.462 e. The van der Waals surface area contributed by atoms with Gasteiger partial charge >= 0.3 is 5.97 Å². The van der Waals surface area contributed by atoms with Crippen molar-refractivity contribution in [3.8, 4) is 0 Å². The molecule has 0 aromatic heterocycles. The lowest BCUT2D eigenvalue weighted by Gasteiger charge is -2.28. The highest BCUT2D eigenvalue weighted by atomic mass is 16.5. The second-order valence-corrected chi connectivity index (χ2v) is 5.24. The number of esters is 1. The van der Waals surface area contributed by atoms with Crippen LogP contribution in [0.1, 0.15) is 56.1 Å². The number of carbonyl (C=O) groups excluding carboxylic acids is 1. The Morgan fingerprint density at radius 1 is 1.22 bits per heavy atom. The van der Waals surface area contributed by atoms with Crippen molar-refractivity contribution in [2.75, 3.05) is 0 Å². The van der Waals surface area contributed by atoms with Crippen LogP contribution in [0.3, 0.4) is 0 Å². The summed E-state index contributed by atoms with van der Waals surface area (Å²) in [6, 6.07) is 8.22. The summed E-state index contributed by atoms with van der Waals surface area (Å²) in [5.41, 5.74) is 2.32. The van der Waals surface area contributed by atoms with Crippen molar-refractivity contribution in [2.45, 2.75) is 58.0 Å². The van der Waals surface area contributed by atoms with E-state index in [0.717, 1.165) is 37.7 Å². The molecule has 2 rings (SSSR count). The second-order valence-electron chi connectivity index (χ2n) is 5.24. The van der Waals surface area contributed by atoms with Gasteiger partial charge in [0, 0.05) is 0 Å². The van der Waals surface area contributed by atoms with E-state index in [1.165, 1.54) is 5.56 Å². The summed E-state index contributed by atoms with van der Waals surface area (Å²) in [7, 11) is 0. The summed E-state index contributed by atoms with van der Waals surface area (Å²) >= 11 is 0. The molecule has 18 heavy (non-hydrogen) atoms. The van der Waals surface area contributed by atoms with Gasteiger partial charge in [0.25, 0.3) is 0 Å². The average molecular weight is 246 g/mol. The van der Waals surface area contributed by atoms with Crippen molar-refractivity contribution in [1.29, 1.82) is 0 Å². The highest BCUT2D eigenvalue weighted by molar-refractivity contribution is 5.79. The summed E-state index contributed by atoms with van der Waals surface area (Å²) < 4.78 is 5.55. The number of carbonyl (C=O) groups is 1. The number of rotatable bonds is 4. The van der Waals surface area contributed by atoms with Gasteiger partial charge in [-0.05, 0) is 31.7 Å². The first-order valence-electron chi connectivity index (χ1n) is 6.97. The predicted molar refractivity (Wildman–Crippen MR) is 72.6 cm³/mol. The fourth-order valence-electron chi connectivity index (χ4n) is 2.51. The van der Waals surface area contributed by atoms with Gasteiger partial charge in [0.05, 0.1) is 5.92 Å². The average Bonchev–Trinajstić information content (AvgIpc) is 2.38. The maximum absolute atomic E-state index is 12.0. The maximum atomic E-state index is 12.0. The molecular formula is C16H22O2. The Hall–Kier alpha value is -1.31. The quantitative estimate of drug-likeness (QED) is 0.751. The zero-order valence-corrected chi connectivity index (χ0v) is 11.3. The van der Waals surface area contributed by atoms with Gasteiger partial charge in [0.15, 0.2) is 0 Å². The fraction of sp³-hybridized carbons (Fsp3) is 0.562. The molecule has 1 heterocycles. The topological polar surface area (TPSA) is 26.3 Å². The Labute approximate surface area is 109 Å². The summed E-state index contributed by atoms with van der Waals surface area (Å²) in [4.78, 5) is 12.0. The van der Waals surface area contributed by atoms with Crippen molar-refractivity contribution < 1.29 is 9.53 Å². The summed E-state index contributed by atoms with van der Waals surface area (Å²) in [5.74, 6) is -0.0883. The molecule has 1 aliphatic rings. The number of ether oxygens (including phenoxy) is 1. The van der Waals surface area contributed by atoms with Crippen LogP contribution in [-0.2, 0) is 9.53 Å². The van der Waals surface area contributed by atoms with E-state index in [2.05, 4.69) is 26.0 Å². The van der Waals surface area contributed by atoms with Crippen molar-refractivity contribution in [3.05, 3.63) is 35.4 Å². The molecule has 2 unspecified atom stereocenters. The molecule has 0 amide bonds. The van der Waals surface area contributed by atoms with E-state index in [4.69, 9.17) is 4.74 Å². The minimum atomic E-state index is -0.0523. The van der Waals surface area contributed by atoms with Crippen molar-refractivity contribution in [1.82, 2.24) is 0 Å². The van der Waals surface area contributed by atoms with Crippen LogP contribution < -0.4 is 0 Å². The molecule has 0 spiro atoms. The zero-order valence-electron chi connectivity index (χ0n) is 11.3.